The van der Waals surface area contributed by atoms with E-state index >= 15 is 0 Å². The molecule has 0 atom stereocenters. The Morgan fingerprint density at radius 2 is 2.33 bits per heavy atom. The fraction of sp³-hybridized carbons (Fsp3) is 0.182. The molecule has 0 aliphatic rings. The van der Waals surface area contributed by atoms with Crippen molar-refractivity contribution in [3.8, 4) is 11.8 Å². The van der Waals surface area contributed by atoms with E-state index in [0.29, 0.717) is 17.8 Å². The van der Waals surface area contributed by atoms with Gasteiger partial charge in [0.1, 0.15) is 18.1 Å². The Morgan fingerprint density at radius 3 is 3.00 bits per heavy atom. The summed E-state index contributed by atoms with van der Waals surface area (Å²) in [6, 6.07) is 5.62. The van der Waals surface area contributed by atoms with Crippen LogP contribution in [0.3, 0.4) is 0 Å². The Hall–Kier alpha value is -1.22. The Kier molecular flexibility index (Phi) is 2.82. The highest BCUT2D eigenvalue weighted by molar-refractivity contribution is 14.1. The summed E-state index contributed by atoms with van der Waals surface area (Å²) in [6.45, 7) is 2.53. The van der Waals surface area contributed by atoms with Crippen molar-refractivity contribution in [2.45, 2.75) is 6.92 Å². The van der Waals surface area contributed by atoms with E-state index in [9.17, 15) is 0 Å². The van der Waals surface area contributed by atoms with Crippen LogP contribution in [0.25, 0.3) is 11.0 Å². The first-order valence-electron chi connectivity index (χ1n) is 4.50. The molecular formula is C11H8INO2. The van der Waals surface area contributed by atoms with E-state index in [0.717, 1.165) is 14.7 Å². The number of furan rings is 1. The molecule has 1 aromatic carbocycles. The Morgan fingerprint density at radius 1 is 1.53 bits per heavy atom. The summed E-state index contributed by atoms with van der Waals surface area (Å²) in [5.74, 6) is 0.768. The highest BCUT2D eigenvalue weighted by atomic mass is 127. The first-order chi connectivity index (χ1) is 7.27. The van der Waals surface area contributed by atoms with Crippen LogP contribution >= 0.6 is 22.6 Å². The van der Waals surface area contributed by atoms with Crippen LogP contribution in [-0.4, -0.2) is 6.61 Å². The van der Waals surface area contributed by atoms with Gasteiger partial charge in [0.15, 0.2) is 5.58 Å². The molecule has 4 heteroatoms. The second-order valence-electron chi connectivity index (χ2n) is 2.94. The molecule has 0 saturated heterocycles. The molecule has 1 aromatic heterocycles. The van der Waals surface area contributed by atoms with Crippen molar-refractivity contribution < 1.29 is 9.15 Å². The normalized spacial score (nSPS) is 10.2. The standard InChI is InChI=1S/C11H8INO2/c1-2-14-9-4-3-7(5-13)11-10(9)8(12)6-15-11/h3-4,6H,2H2,1H3. The van der Waals surface area contributed by atoms with Crippen molar-refractivity contribution in [1.82, 2.24) is 0 Å². The Labute approximate surface area is 101 Å². The van der Waals surface area contributed by atoms with Gasteiger partial charge in [-0.05, 0) is 41.6 Å². The smallest absolute Gasteiger partial charge is 0.156 e. The van der Waals surface area contributed by atoms with Gasteiger partial charge < -0.3 is 9.15 Å². The van der Waals surface area contributed by atoms with Crippen LogP contribution in [0.2, 0.25) is 0 Å². The van der Waals surface area contributed by atoms with Gasteiger partial charge in [-0.3, -0.25) is 0 Å². The van der Waals surface area contributed by atoms with Crippen LogP contribution in [0, 0.1) is 14.9 Å². The average Bonchev–Trinajstić information content (AvgIpc) is 2.62. The number of ether oxygens (including phenoxy) is 1. The molecule has 76 valence electrons. The minimum atomic E-state index is 0.538. The molecule has 0 aliphatic heterocycles. The maximum Gasteiger partial charge on any atom is 0.156 e. The summed E-state index contributed by atoms with van der Waals surface area (Å²) in [5, 5.41) is 9.80. The molecule has 0 bridgehead atoms. The summed E-state index contributed by atoms with van der Waals surface area (Å²) in [5.41, 5.74) is 1.14. The van der Waals surface area contributed by atoms with E-state index in [4.69, 9.17) is 14.4 Å². The minimum Gasteiger partial charge on any atom is -0.493 e. The molecule has 0 aliphatic carbocycles. The molecule has 1 heterocycles. The molecule has 0 N–H and O–H groups in total. The van der Waals surface area contributed by atoms with E-state index < -0.39 is 0 Å². The summed E-state index contributed by atoms with van der Waals surface area (Å²) in [6.07, 6.45) is 1.63. The number of hydrogen-bond donors (Lipinski definition) is 0. The molecule has 0 saturated carbocycles. The molecule has 0 radical (unpaired) electrons. The van der Waals surface area contributed by atoms with Crippen LogP contribution in [0.4, 0.5) is 0 Å². The van der Waals surface area contributed by atoms with Crippen LogP contribution in [0.1, 0.15) is 12.5 Å². The van der Waals surface area contributed by atoms with Gasteiger partial charge in [-0.25, -0.2) is 0 Å². The average molecular weight is 313 g/mol. The zero-order valence-electron chi connectivity index (χ0n) is 8.08. The number of fused-ring (bicyclic) bond motifs is 1. The van der Waals surface area contributed by atoms with Gasteiger partial charge in [-0.1, -0.05) is 0 Å². The summed E-state index contributed by atoms with van der Waals surface area (Å²) in [7, 11) is 0. The molecule has 2 aromatic rings. The number of halogens is 1. The minimum absolute atomic E-state index is 0.538. The van der Waals surface area contributed by atoms with Crippen molar-refractivity contribution in [1.29, 1.82) is 5.26 Å². The number of hydrogen-bond acceptors (Lipinski definition) is 3. The quantitative estimate of drug-likeness (QED) is 0.799. The number of nitrogens with zero attached hydrogens (tertiary/aromatic N) is 1. The van der Waals surface area contributed by atoms with Gasteiger partial charge in [0, 0.05) is 0 Å². The summed E-state index contributed by atoms with van der Waals surface area (Å²) in [4.78, 5) is 0. The monoisotopic (exact) mass is 313 g/mol. The van der Waals surface area contributed by atoms with Crippen LogP contribution in [0.15, 0.2) is 22.8 Å². The Bertz CT molecular complexity index is 539. The van der Waals surface area contributed by atoms with Gasteiger partial charge in [0.05, 0.1) is 21.1 Å². The van der Waals surface area contributed by atoms with E-state index in [1.165, 1.54) is 0 Å². The van der Waals surface area contributed by atoms with E-state index in [1.54, 1.807) is 12.3 Å². The van der Waals surface area contributed by atoms with E-state index in [2.05, 4.69) is 28.7 Å². The second kappa shape index (κ2) is 4.11. The predicted molar refractivity (Wildman–Crippen MR) is 64.8 cm³/mol. The molecule has 0 spiro atoms. The third-order valence-electron chi connectivity index (χ3n) is 2.06. The van der Waals surface area contributed by atoms with Gasteiger partial charge in [-0.15, -0.1) is 0 Å². The number of rotatable bonds is 2. The van der Waals surface area contributed by atoms with Gasteiger partial charge >= 0.3 is 0 Å². The zero-order valence-corrected chi connectivity index (χ0v) is 10.2. The second-order valence-corrected chi connectivity index (χ2v) is 4.11. The van der Waals surface area contributed by atoms with Gasteiger partial charge in [0.25, 0.3) is 0 Å². The van der Waals surface area contributed by atoms with E-state index in [-0.39, 0.29) is 0 Å². The lowest BCUT2D eigenvalue weighted by atomic mass is 10.1. The highest BCUT2D eigenvalue weighted by Crippen LogP contribution is 2.33. The van der Waals surface area contributed by atoms with Crippen molar-refractivity contribution in [3.05, 3.63) is 27.5 Å². The Balaban J connectivity index is 2.75. The van der Waals surface area contributed by atoms with Crippen molar-refractivity contribution in [2.75, 3.05) is 6.61 Å². The SMILES string of the molecule is CCOc1ccc(C#N)c2occ(I)c12. The van der Waals surface area contributed by atoms with Crippen LogP contribution in [0.5, 0.6) is 5.75 Å². The third kappa shape index (κ3) is 1.67. The topological polar surface area (TPSA) is 46.2 Å². The highest BCUT2D eigenvalue weighted by Gasteiger charge is 2.13. The largest absolute Gasteiger partial charge is 0.493 e. The molecule has 0 fully saturated rings. The summed E-state index contributed by atoms with van der Waals surface area (Å²) >= 11 is 2.17. The first-order valence-corrected chi connectivity index (χ1v) is 5.58. The fourth-order valence-electron chi connectivity index (χ4n) is 1.45. The van der Waals surface area contributed by atoms with Crippen molar-refractivity contribution in [3.63, 3.8) is 0 Å². The number of benzene rings is 1. The first kappa shape index (κ1) is 10.3. The maximum absolute atomic E-state index is 8.91. The number of nitriles is 1. The van der Waals surface area contributed by atoms with Crippen molar-refractivity contribution in [2.24, 2.45) is 0 Å². The predicted octanol–water partition coefficient (Wildman–Crippen LogP) is 3.31. The van der Waals surface area contributed by atoms with E-state index in [1.807, 2.05) is 13.0 Å². The molecule has 0 amide bonds. The van der Waals surface area contributed by atoms with Crippen molar-refractivity contribution >= 4 is 33.6 Å². The molecule has 0 unspecified atom stereocenters. The van der Waals surface area contributed by atoms with Gasteiger partial charge in [0.2, 0.25) is 0 Å². The fourth-order valence-corrected chi connectivity index (χ4v) is 2.08. The third-order valence-corrected chi connectivity index (χ3v) is 2.85. The van der Waals surface area contributed by atoms with Crippen LogP contribution in [-0.2, 0) is 0 Å². The lowest BCUT2D eigenvalue weighted by Gasteiger charge is -2.04. The zero-order chi connectivity index (χ0) is 10.8. The lowest BCUT2D eigenvalue weighted by molar-refractivity contribution is 0.344. The van der Waals surface area contributed by atoms with Gasteiger partial charge in [-0.2, -0.15) is 5.26 Å². The summed E-state index contributed by atoms with van der Waals surface area (Å²) < 4.78 is 11.8. The maximum atomic E-state index is 8.91. The molecule has 15 heavy (non-hydrogen) atoms. The lowest BCUT2D eigenvalue weighted by Crippen LogP contribution is -1.92. The van der Waals surface area contributed by atoms with Crippen LogP contribution < -0.4 is 4.74 Å². The molecule has 3 nitrogen and oxygen atoms in total. The molecule has 2 rings (SSSR count). The molecular weight excluding hydrogens is 305 g/mol.